The zero-order chi connectivity index (χ0) is 12.8. The quantitative estimate of drug-likeness (QED) is 0.613. The summed E-state index contributed by atoms with van der Waals surface area (Å²) >= 11 is 3.34. The Balaban J connectivity index is 2.84. The van der Waals surface area contributed by atoms with E-state index >= 15 is 0 Å². The second-order valence-electron chi connectivity index (χ2n) is 3.73. The van der Waals surface area contributed by atoms with Crippen molar-refractivity contribution in [2.24, 2.45) is 5.92 Å². The van der Waals surface area contributed by atoms with E-state index in [9.17, 15) is 4.79 Å². The van der Waals surface area contributed by atoms with Gasteiger partial charge in [-0.25, -0.2) is 0 Å². The van der Waals surface area contributed by atoms with E-state index in [4.69, 9.17) is 9.47 Å². The molecule has 0 aliphatic carbocycles. The first-order valence-corrected chi connectivity index (χ1v) is 6.46. The number of hydrogen-bond acceptors (Lipinski definition) is 3. The van der Waals surface area contributed by atoms with Crippen LogP contribution in [0.25, 0.3) is 0 Å². The summed E-state index contributed by atoms with van der Waals surface area (Å²) < 4.78 is 11.4. The molecule has 3 nitrogen and oxygen atoms in total. The van der Waals surface area contributed by atoms with Crippen molar-refractivity contribution in [2.75, 3.05) is 7.11 Å². The Bertz CT molecular complexity index is 386. The van der Waals surface area contributed by atoms with E-state index in [1.807, 2.05) is 19.9 Å². The number of halogens is 1. The zero-order valence-electron chi connectivity index (χ0n) is 10.3. The predicted octanol–water partition coefficient (Wildman–Crippen LogP) is 3.80. The zero-order valence-corrected chi connectivity index (χ0v) is 11.9. The van der Waals surface area contributed by atoms with E-state index in [0.717, 1.165) is 17.3 Å². The number of hydrogen-bond donors (Lipinski definition) is 0. The molecule has 17 heavy (non-hydrogen) atoms. The van der Waals surface area contributed by atoms with Crippen molar-refractivity contribution in [1.29, 1.82) is 0 Å². The van der Waals surface area contributed by atoms with Gasteiger partial charge in [-0.1, -0.05) is 29.8 Å². The molecule has 0 unspecified atom stereocenters. The van der Waals surface area contributed by atoms with E-state index in [2.05, 4.69) is 15.9 Å². The lowest BCUT2D eigenvalue weighted by Crippen LogP contribution is -2.19. The van der Waals surface area contributed by atoms with E-state index in [1.54, 1.807) is 19.2 Å². The summed E-state index contributed by atoms with van der Waals surface area (Å²) in [6.45, 7) is 3.96. The topological polar surface area (TPSA) is 35.5 Å². The molecule has 0 saturated heterocycles. The van der Waals surface area contributed by atoms with Crippen LogP contribution < -0.4 is 9.47 Å². The first kappa shape index (κ1) is 14.0. The van der Waals surface area contributed by atoms with Gasteiger partial charge in [-0.05, 0) is 31.0 Å². The highest BCUT2D eigenvalue weighted by atomic mass is 79.9. The molecule has 4 heteroatoms. The van der Waals surface area contributed by atoms with Crippen LogP contribution >= 0.6 is 15.9 Å². The summed E-state index contributed by atoms with van der Waals surface area (Å²) in [5.41, 5.74) is 0. The fourth-order valence-corrected chi connectivity index (χ4v) is 1.88. The average Bonchev–Trinajstić information content (AvgIpc) is 2.33. The maximum atomic E-state index is 11.8. The van der Waals surface area contributed by atoms with Crippen molar-refractivity contribution in [2.45, 2.75) is 26.7 Å². The molecule has 1 aromatic carbocycles. The van der Waals surface area contributed by atoms with Gasteiger partial charge in [0.1, 0.15) is 0 Å². The molecule has 0 spiro atoms. The molecule has 0 saturated carbocycles. The van der Waals surface area contributed by atoms with Gasteiger partial charge >= 0.3 is 5.97 Å². The Hall–Kier alpha value is -1.03. The van der Waals surface area contributed by atoms with Gasteiger partial charge < -0.3 is 9.47 Å². The minimum absolute atomic E-state index is 0.0525. The van der Waals surface area contributed by atoms with Crippen LogP contribution in [0.1, 0.15) is 26.7 Å². The molecule has 0 N–H and O–H groups in total. The van der Waals surface area contributed by atoms with E-state index in [0.29, 0.717) is 11.5 Å². The lowest BCUT2D eigenvalue weighted by atomic mass is 10.0. The van der Waals surface area contributed by atoms with Gasteiger partial charge in [0.2, 0.25) is 0 Å². The summed E-state index contributed by atoms with van der Waals surface area (Å²) in [6.07, 6.45) is 1.57. The van der Waals surface area contributed by atoms with Crippen molar-refractivity contribution in [1.82, 2.24) is 0 Å². The number of rotatable bonds is 5. The van der Waals surface area contributed by atoms with Crippen LogP contribution in [0.2, 0.25) is 0 Å². The number of carbonyl (C=O) groups is 1. The average molecular weight is 301 g/mol. The molecule has 0 atom stereocenters. The first-order valence-electron chi connectivity index (χ1n) is 5.67. The van der Waals surface area contributed by atoms with Crippen LogP contribution in [0.5, 0.6) is 11.5 Å². The fourth-order valence-electron chi connectivity index (χ4n) is 1.54. The van der Waals surface area contributed by atoms with Gasteiger partial charge in [0.25, 0.3) is 0 Å². The fraction of sp³-hybridized carbons (Fsp3) is 0.462. The highest BCUT2D eigenvalue weighted by Crippen LogP contribution is 2.31. The number of carbonyl (C=O) groups excluding carboxylic acids is 1. The molecule has 0 bridgehead atoms. The third-order valence-corrected chi connectivity index (χ3v) is 3.15. The molecule has 1 rings (SSSR count). The number of ether oxygens (including phenoxy) is 2. The molecule has 0 amide bonds. The van der Waals surface area contributed by atoms with Crippen molar-refractivity contribution < 1.29 is 14.3 Å². The third kappa shape index (κ3) is 3.73. The molecule has 0 aromatic heterocycles. The Labute approximate surface area is 110 Å². The Morgan fingerprint density at radius 2 is 1.94 bits per heavy atom. The predicted molar refractivity (Wildman–Crippen MR) is 70.4 cm³/mol. The van der Waals surface area contributed by atoms with Gasteiger partial charge in [-0.15, -0.1) is 0 Å². The first-order chi connectivity index (χ1) is 8.12. The summed E-state index contributed by atoms with van der Waals surface area (Å²) in [5, 5.41) is 0. The minimum atomic E-state index is -0.198. The molecule has 0 aliphatic rings. The number of methoxy groups -OCH3 is 1. The molecular formula is C13H17BrO3. The molecule has 0 fully saturated rings. The van der Waals surface area contributed by atoms with E-state index in [-0.39, 0.29) is 11.9 Å². The smallest absolute Gasteiger partial charge is 0.314 e. The molecule has 0 radical (unpaired) electrons. The summed E-state index contributed by atoms with van der Waals surface area (Å²) in [6, 6.07) is 5.32. The van der Waals surface area contributed by atoms with E-state index < -0.39 is 0 Å². The van der Waals surface area contributed by atoms with Crippen LogP contribution in [0.4, 0.5) is 0 Å². The normalized spacial score (nSPS) is 10.4. The molecular weight excluding hydrogens is 284 g/mol. The van der Waals surface area contributed by atoms with E-state index in [1.165, 1.54) is 0 Å². The molecule has 94 valence electrons. The molecule has 1 aromatic rings. The third-order valence-electron chi connectivity index (χ3n) is 2.66. The lowest BCUT2D eigenvalue weighted by molar-refractivity contribution is -0.139. The molecule has 0 heterocycles. The standard InChI is InChI=1S/C13H17BrO3/c1-4-9(5-2)13(15)17-11-7-6-10(14)8-12(11)16-3/h6-9H,4-5H2,1-3H3. The molecule has 0 aliphatic heterocycles. The van der Waals surface area contributed by atoms with Crippen molar-refractivity contribution in [3.8, 4) is 11.5 Å². The highest BCUT2D eigenvalue weighted by Gasteiger charge is 2.18. The van der Waals surface area contributed by atoms with Crippen LogP contribution in [-0.2, 0) is 4.79 Å². The van der Waals surface area contributed by atoms with Gasteiger partial charge in [-0.3, -0.25) is 4.79 Å². The Morgan fingerprint density at radius 1 is 1.29 bits per heavy atom. The summed E-state index contributed by atoms with van der Waals surface area (Å²) in [7, 11) is 1.55. The Morgan fingerprint density at radius 3 is 2.47 bits per heavy atom. The maximum Gasteiger partial charge on any atom is 0.314 e. The second-order valence-corrected chi connectivity index (χ2v) is 4.65. The Kier molecular flexibility index (Phi) is 5.48. The van der Waals surface area contributed by atoms with Crippen LogP contribution in [0.15, 0.2) is 22.7 Å². The van der Waals surface area contributed by atoms with Gasteiger partial charge in [-0.2, -0.15) is 0 Å². The SMILES string of the molecule is CCC(CC)C(=O)Oc1ccc(Br)cc1OC. The maximum absolute atomic E-state index is 11.8. The van der Waals surface area contributed by atoms with Crippen molar-refractivity contribution in [3.63, 3.8) is 0 Å². The second kappa shape index (κ2) is 6.64. The van der Waals surface area contributed by atoms with Crippen molar-refractivity contribution >= 4 is 21.9 Å². The summed E-state index contributed by atoms with van der Waals surface area (Å²) in [4.78, 5) is 11.8. The number of esters is 1. The van der Waals surface area contributed by atoms with Crippen molar-refractivity contribution in [3.05, 3.63) is 22.7 Å². The van der Waals surface area contributed by atoms with Crippen LogP contribution in [0.3, 0.4) is 0 Å². The summed E-state index contributed by atoms with van der Waals surface area (Å²) in [5.74, 6) is 0.769. The lowest BCUT2D eigenvalue weighted by Gasteiger charge is -2.13. The number of benzene rings is 1. The van der Waals surface area contributed by atoms with Gasteiger partial charge in [0.15, 0.2) is 11.5 Å². The highest BCUT2D eigenvalue weighted by molar-refractivity contribution is 9.10. The van der Waals surface area contributed by atoms with Gasteiger partial charge in [0, 0.05) is 4.47 Å². The monoisotopic (exact) mass is 300 g/mol. The largest absolute Gasteiger partial charge is 0.493 e. The van der Waals surface area contributed by atoms with Gasteiger partial charge in [0.05, 0.1) is 13.0 Å². The van der Waals surface area contributed by atoms with Crippen LogP contribution in [0, 0.1) is 5.92 Å². The van der Waals surface area contributed by atoms with Crippen LogP contribution in [-0.4, -0.2) is 13.1 Å². The minimum Gasteiger partial charge on any atom is -0.493 e.